The molecule has 2 N–H and O–H groups in total. The zero-order valence-corrected chi connectivity index (χ0v) is 10.3. The number of H-pyrrole nitrogens is 1. The van der Waals surface area contributed by atoms with Crippen LogP contribution in [0.2, 0.25) is 0 Å². The van der Waals surface area contributed by atoms with E-state index in [1.165, 1.54) is 0 Å². The fourth-order valence-corrected chi connectivity index (χ4v) is 2.00. The largest absolute Gasteiger partial charge is 0.347 e. The fourth-order valence-electron chi connectivity index (χ4n) is 2.00. The van der Waals surface area contributed by atoms with Crippen molar-refractivity contribution in [1.29, 1.82) is 0 Å². The summed E-state index contributed by atoms with van der Waals surface area (Å²) in [6.45, 7) is 0.501. The van der Waals surface area contributed by atoms with E-state index < -0.39 is 0 Å². The van der Waals surface area contributed by atoms with Gasteiger partial charge in [0.05, 0.1) is 5.52 Å². The first-order chi connectivity index (χ1) is 9.34. The lowest BCUT2D eigenvalue weighted by atomic mass is 10.2. The van der Waals surface area contributed by atoms with Crippen LogP contribution in [0.4, 0.5) is 0 Å². The van der Waals surface area contributed by atoms with Crippen LogP contribution in [0, 0.1) is 0 Å². The van der Waals surface area contributed by atoms with Crippen LogP contribution in [0.5, 0.6) is 0 Å². The highest BCUT2D eigenvalue weighted by atomic mass is 16.1. The van der Waals surface area contributed by atoms with Gasteiger partial charge in [-0.3, -0.25) is 9.89 Å². The van der Waals surface area contributed by atoms with Crippen LogP contribution in [-0.4, -0.2) is 16.1 Å². The molecule has 0 spiro atoms. The number of rotatable bonds is 3. The van der Waals surface area contributed by atoms with Crippen molar-refractivity contribution in [3.8, 4) is 0 Å². The molecule has 0 aliphatic rings. The van der Waals surface area contributed by atoms with Gasteiger partial charge in [-0.25, -0.2) is 0 Å². The smallest absolute Gasteiger partial charge is 0.272 e. The van der Waals surface area contributed by atoms with E-state index in [1.54, 1.807) is 0 Å². The van der Waals surface area contributed by atoms with Gasteiger partial charge in [0.1, 0.15) is 0 Å². The summed E-state index contributed by atoms with van der Waals surface area (Å²) in [5.41, 5.74) is 2.37. The number of carbonyl (C=O) groups is 1. The van der Waals surface area contributed by atoms with Crippen LogP contribution < -0.4 is 5.32 Å². The molecule has 0 radical (unpaired) electrons. The molecule has 1 amide bonds. The minimum Gasteiger partial charge on any atom is -0.347 e. The number of benzene rings is 2. The maximum absolute atomic E-state index is 12.1. The van der Waals surface area contributed by atoms with E-state index in [9.17, 15) is 4.79 Å². The molecule has 3 aromatic rings. The summed E-state index contributed by atoms with van der Waals surface area (Å²) in [5, 5.41) is 10.6. The van der Waals surface area contributed by atoms with Gasteiger partial charge >= 0.3 is 0 Å². The predicted molar refractivity (Wildman–Crippen MR) is 73.7 cm³/mol. The van der Waals surface area contributed by atoms with Gasteiger partial charge in [0.15, 0.2) is 5.69 Å². The highest BCUT2D eigenvalue weighted by molar-refractivity contribution is 6.04. The maximum atomic E-state index is 12.1. The zero-order chi connectivity index (χ0) is 13.1. The van der Waals surface area contributed by atoms with Crippen molar-refractivity contribution in [2.45, 2.75) is 6.54 Å². The predicted octanol–water partition coefficient (Wildman–Crippen LogP) is 2.49. The second-order valence-corrected chi connectivity index (χ2v) is 4.29. The second-order valence-electron chi connectivity index (χ2n) is 4.29. The molecule has 4 heteroatoms. The van der Waals surface area contributed by atoms with Crippen LogP contribution in [0.25, 0.3) is 10.9 Å². The third-order valence-corrected chi connectivity index (χ3v) is 2.98. The first-order valence-corrected chi connectivity index (χ1v) is 6.10. The molecule has 19 heavy (non-hydrogen) atoms. The van der Waals surface area contributed by atoms with Crippen molar-refractivity contribution in [2.75, 3.05) is 0 Å². The summed E-state index contributed by atoms with van der Waals surface area (Å²) < 4.78 is 0. The third-order valence-electron chi connectivity index (χ3n) is 2.98. The fraction of sp³-hybridized carbons (Fsp3) is 0.0667. The molecule has 94 valence electrons. The minimum absolute atomic E-state index is 0.165. The first-order valence-electron chi connectivity index (χ1n) is 6.10. The SMILES string of the molecule is O=C(NCc1ccccc1)c1n[nH]c2ccccc12. The Morgan fingerprint density at radius 2 is 1.79 bits per heavy atom. The normalized spacial score (nSPS) is 10.5. The van der Waals surface area contributed by atoms with Gasteiger partial charge < -0.3 is 5.32 Å². The second kappa shape index (κ2) is 4.94. The van der Waals surface area contributed by atoms with E-state index in [0.717, 1.165) is 16.5 Å². The summed E-state index contributed by atoms with van der Waals surface area (Å²) in [6, 6.07) is 17.4. The third kappa shape index (κ3) is 2.33. The lowest BCUT2D eigenvalue weighted by molar-refractivity contribution is 0.0947. The molecular formula is C15H13N3O. The van der Waals surface area contributed by atoms with Gasteiger partial charge in [-0.1, -0.05) is 48.5 Å². The van der Waals surface area contributed by atoms with Crippen LogP contribution >= 0.6 is 0 Å². The van der Waals surface area contributed by atoms with Gasteiger partial charge in [-0.2, -0.15) is 5.10 Å². The van der Waals surface area contributed by atoms with Crippen LogP contribution in [0.1, 0.15) is 16.1 Å². The van der Waals surface area contributed by atoms with Crippen molar-refractivity contribution in [3.63, 3.8) is 0 Å². The lowest BCUT2D eigenvalue weighted by Gasteiger charge is -2.03. The number of nitrogens with one attached hydrogen (secondary N) is 2. The molecule has 3 rings (SSSR count). The number of hydrogen-bond acceptors (Lipinski definition) is 2. The molecule has 0 atom stereocenters. The van der Waals surface area contributed by atoms with Crippen molar-refractivity contribution < 1.29 is 4.79 Å². The Morgan fingerprint density at radius 1 is 1.05 bits per heavy atom. The summed E-state index contributed by atoms with van der Waals surface area (Å²) in [5.74, 6) is -0.165. The van der Waals surface area contributed by atoms with Crippen LogP contribution in [0.15, 0.2) is 54.6 Å². The van der Waals surface area contributed by atoms with Crippen molar-refractivity contribution in [2.24, 2.45) is 0 Å². The summed E-state index contributed by atoms with van der Waals surface area (Å²) in [4.78, 5) is 12.1. The van der Waals surface area contributed by atoms with E-state index in [2.05, 4.69) is 15.5 Å². The van der Waals surface area contributed by atoms with Crippen molar-refractivity contribution >= 4 is 16.8 Å². The number of para-hydroxylation sites is 1. The molecule has 0 saturated carbocycles. The highest BCUT2D eigenvalue weighted by Crippen LogP contribution is 2.14. The Bertz CT molecular complexity index is 703. The Hall–Kier alpha value is -2.62. The van der Waals surface area contributed by atoms with E-state index in [-0.39, 0.29) is 5.91 Å². The van der Waals surface area contributed by atoms with Gasteiger partial charge in [0.25, 0.3) is 5.91 Å². The number of amides is 1. The number of hydrogen-bond donors (Lipinski definition) is 2. The van der Waals surface area contributed by atoms with Gasteiger partial charge in [-0.05, 0) is 11.6 Å². The number of aromatic amines is 1. The van der Waals surface area contributed by atoms with Gasteiger partial charge in [0, 0.05) is 11.9 Å². The maximum Gasteiger partial charge on any atom is 0.272 e. The quantitative estimate of drug-likeness (QED) is 0.751. The summed E-state index contributed by atoms with van der Waals surface area (Å²) in [6.07, 6.45) is 0. The monoisotopic (exact) mass is 251 g/mol. The Balaban J connectivity index is 1.77. The number of aromatic nitrogens is 2. The summed E-state index contributed by atoms with van der Waals surface area (Å²) >= 11 is 0. The molecule has 2 aromatic carbocycles. The molecule has 0 fully saturated rings. The zero-order valence-electron chi connectivity index (χ0n) is 10.3. The topological polar surface area (TPSA) is 57.8 Å². The molecule has 0 bridgehead atoms. The lowest BCUT2D eigenvalue weighted by Crippen LogP contribution is -2.23. The first kappa shape index (κ1) is 11.5. The van der Waals surface area contributed by atoms with Gasteiger partial charge in [-0.15, -0.1) is 0 Å². The standard InChI is InChI=1S/C15H13N3O/c19-15(16-10-11-6-2-1-3-7-11)14-12-8-4-5-9-13(12)17-18-14/h1-9H,10H2,(H,16,19)(H,17,18). The van der Waals surface area contributed by atoms with E-state index >= 15 is 0 Å². The molecule has 1 heterocycles. The Kier molecular flexibility index (Phi) is 2.98. The van der Waals surface area contributed by atoms with Crippen molar-refractivity contribution in [3.05, 3.63) is 65.9 Å². The molecule has 0 saturated heterocycles. The molecule has 4 nitrogen and oxygen atoms in total. The highest BCUT2D eigenvalue weighted by Gasteiger charge is 2.12. The van der Waals surface area contributed by atoms with E-state index in [4.69, 9.17) is 0 Å². The van der Waals surface area contributed by atoms with Gasteiger partial charge in [0.2, 0.25) is 0 Å². The molecular weight excluding hydrogens is 238 g/mol. The molecule has 1 aromatic heterocycles. The Labute approximate surface area is 110 Å². The number of nitrogens with zero attached hydrogens (tertiary/aromatic N) is 1. The number of carbonyl (C=O) groups excluding carboxylic acids is 1. The van der Waals surface area contributed by atoms with Crippen LogP contribution in [0.3, 0.4) is 0 Å². The number of fused-ring (bicyclic) bond motifs is 1. The average molecular weight is 251 g/mol. The average Bonchev–Trinajstić information content (AvgIpc) is 2.90. The van der Waals surface area contributed by atoms with E-state index in [1.807, 2.05) is 54.6 Å². The summed E-state index contributed by atoms with van der Waals surface area (Å²) in [7, 11) is 0. The minimum atomic E-state index is -0.165. The Morgan fingerprint density at radius 3 is 2.63 bits per heavy atom. The van der Waals surface area contributed by atoms with Crippen molar-refractivity contribution in [1.82, 2.24) is 15.5 Å². The molecule has 0 aliphatic carbocycles. The molecule has 0 unspecified atom stereocenters. The van der Waals surface area contributed by atoms with Crippen LogP contribution in [-0.2, 0) is 6.54 Å². The van der Waals surface area contributed by atoms with E-state index in [0.29, 0.717) is 12.2 Å². The molecule has 0 aliphatic heterocycles.